The molecule has 0 spiro atoms. The van der Waals surface area contributed by atoms with E-state index in [9.17, 15) is 18.7 Å². The van der Waals surface area contributed by atoms with E-state index < -0.39 is 11.9 Å². The van der Waals surface area contributed by atoms with Gasteiger partial charge in [-0.2, -0.15) is 5.10 Å². The zero-order chi connectivity index (χ0) is 19.0. The van der Waals surface area contributed by atoms with Crippen LogP contribution in [0.4, 0.5) is 8.78 Å². The molecule has 1 unspecified atom stereocenters. The minimum atomic E-state index is -0.953. The summed E-state index contributed by atoms with van der Waals surface area (Å²) in [6.45, 7) is 0.0258. The van der Waals surface area contributed by atoms with E-state index in [0.29, 0.717) is 22.3 Å². The fraction of sp³-hybridized carbons (Fsp3) is 0.100. The average Bonchev–Trinajstić information content (AvgIpc) is 3.10. The molecule has 27 heavy (non-hydrogen) atoms. The van der Waals surface area contributed by atoms with Crippen molar-refractivity contribution in [2.75, 3.05) is 0 Å². The lowest BCUT2D eigenvalue weighted by atomic mass is 10.1. The molecular weight excluding hydrogens is 352 g/mol. The van der Waals surface area contributed by atoms with E-state index in [4.69, 9.17) is 0 Å². The van der Waals surface area contributed by atoms with Crippen molar-refractivity contribution < 1.29 is 13.9 Å². The molecule has 4 aromatic rings. The van der Waals surface area contributed by atoms with Crippen molar-refractivity contribution in [1.29, 1.82) is 0 Å². The van der Waals surface area contributed by atoms with Gasteiger partial charge in [-0.05, 0) is 48.0 Å². The normalized spacial score (nSPS) is 12.4. The van der Waals surface area contributed by atoms with Crippen LogP contribution < -0.4 is 5.56 Å². The first-order chi connectivity index (χ1) is 13.0. The smallest absolute Gasteiger partial charge is 0.276 e. The Labute approximate surface area is 152 Å². The lowest BCUT2D eigenvalue weighted by molar-refractivity contribution is 0.155. The van der Waals surface area contributed by atoms with Crippen LogP contribution in [-0.4, -0.2) is 19.3 Å². The highest BCUT2D eigenvalue weighted by molar-refractivity contribution is 5.65. The summed E-state index contributed by atoms with van der Waals surface area (Å²) < 4.78 is 28.9. The Hall–Kier alpha value is -3.32. The zero-order valence-corrected chi connectivity index (χ0v) is 14.1. The second-order valence-corrected chi connectivity index (χ2v) is 6.19. The topological polar surface area (TPSA) is 59.5 Å². The van der Waals surface area contributed by atoms with E-state index in [2.05, 4.69) is 5.10 Å². The average molecular weight is 367 g/mol. The number of nitrogens with zero attached hydrogens (tertiary/aromatic N) is 3. The Bertz CT molecular complexity index is 1150. The van der Waals surface area contributed by atoms with Crippen LogP contribution in [0.25, 0.3) is 16.8 Å². The summed E-state index contributed by atoms with van der Waals surface area (Å²) in [6, 6.07) is 12.9. The molecule has 0 aliphatic carbocycles. The second-order valence-electron chi connectivity index (χ2n) is 6.19. The van der Waals surface area contributed by atoms with Crippen LogP contribution in [-0.2, 0) is 6.54 Å². The van der Waals surface area contributed by atoms with E-state index in [1.54, 1.807) is 24.4 Å². The number of rotatable bonds is 4. The first-order valence-electron chi connectivity index (χ1n) is 8.29. The highest BCUT2D eigenvalue weighted by atomic mass is 19.1. The quantitative estimate of drug-likeness (QED) is 0.603. The Morgan fingerprint density at radius 1 is 0.963 bits per heavy atom. The number of aliphatic hydroxyl groups is 1. The first-order valence-corrected chi connectivity index (χ1v) is 8.29. The van der Waals surface area contributed by atoms with E-state index >= 15 is 0 Å². The maximum Gasteiger partial charge on any atom is 0.276 e. The summed E-state index contributed by atoms with van der Waals surface area (Å²) in [4.78, 5) is 12.7. The molecular formula is C20H15F2N3O2. The Balaban J connectivity index is 1.66. The SMILES string of the molecule is O=c1c2cc(-c3ccc(F)cc3)nn2ccn1CC(O)c1ccc(F)cc1. The van der Waals surface area contributed by atoms with Gasteiger partial charge in [0.05, 0.1) is 18.3 Å². The maximum atomic E-state index is 13.1. The lowest BCUT2D eigenvalue weighted by Gasteiger charge is -2.13. The second kappa shape index (κ2) is 6.77. The third-order valence-corrected chi connectivity index (χ3v) is 4.37. The van der Waals surface area contributed by atoms with Gasteiger partial charge in [0.2, 0.25) is 0 Å². The summed E-state index contributed by atoms with van der Waals surface area (Å²) in [7, 11) is 0. The van der Waals surface area contributed by atoms with Crippen molar-refractivity contribution in [3.63, 3.8) is 0 Å². The summed E-state index contributed by atoms with van der Waals surface area (Å²) in [5.74, 6) is -0.739. The minimum absolute atomic E-state index is 0.0258. The van der Waals surface area contributed by atoms with Crippen LogP contribution in [0.5, 0.6) is 0 Å². The van der Waals surface area contributed by atoms with Gasteiger partial charge in [-0.1, -0.05) is 12.1 Å². The number of benzene rings is 2. The molecule has 0 saturated carbocycles. The molecule has 1 atom stereocenters. The molecule has 2 aromatic carbocycles. The molecule has 0 aliphatic rings. The van der Waals surface area contributed by atoms with Crippen LogP contribution in [0.1, 0.15) is 11.7 Å². The molecule has 0 radical (unpaired) electrons. The van der Waals surface area contributed by atoms with Crippen molar-refractivity contribution in [3.8, 4) is 11.3 Å². The summed E-state index contributed by atoms with van der Waals surface area (Å²) >= 11 is 0. The highest BCUT2D eigenvalue weighted by Gasteiger charge is 2.13. The van der Waals surface area contributed by atoms with E-state index in [1.807, 2.05) is 0 Å². The van der Waals surface area contributed by atoms with Crippen LogP contribution in [0, 0.1) is 11.6 Å². The maximum absolute atomic E-state index is 13.1. The lowest BCUT2D eigenvalue weighted by Crippen LogP contribution is -2.24. The number of aliphatic hydroxyl groups excluding tert-OH is 1. The van der Waals surface area contributed by atoms with Crippen molar-refractivity contribution in [1.82, 2.24) is 14.2 Å². The van der Waals surface area contributed by atoms with Gasteiger partial charge in [-0.25, -0.2) is 13.3 Å². The summed E-state index contributed by atoms with van der Waals surface area (Å²) in [5, 5.41) is 14.7. The van der Waals surface area contributed by atoms with Crippen molar-refractivity contribution in [2.24, 2.45) is 0 Å². The molecule has 2 heterocycles. The van der Waals surface area contributed by atoms with Crippen molar-refractivity contribution in [2.45, 2.75) is 12.6 Å². The van der Waals surface area contributed by atoms with E-state index in [0.717, 1.165) is 0 Å². The standard InChI is InChI=1S/C20H15F2N3O2/c21-15-5-1-13(2-6-15)17-11-18-20(27)24(9-10-25(18)23-17)12-19(26)14-3-7-16(22)8-4-14/h1-11,19,26H,12H2. The predicted molar refractivity (Wildman–Crippen MR) is 96.2 cm³/mol. The van der Waals surface area contributed by atoms with Crippen molar-refractivity contribution >= 4 is 5.52 Å². The molecule has 4 rings (SSSR count). The van der Waals surface area contributed by atoms with Crippen LogP contribution in [0.2, 0.25) is 0 Å². The Morgan fingerprint density at radius 2 is 1.59 bits per heavy atom. The monoisotopic (exact) mass is 367 g/mol. The number of hydrogen-bond donors (Lipinski definition) is 1. The molecule has 7 heteroatoms. The fourth-order valence-electron chi connectivity index (χ4n) is 2.91. The van der Waals surface area contributed by atoms with Gasteiger partial charge in [0.1, 0.15) is 17.2 Å². The number of halogens is 2. The van der Waals surface area contributed by atoms with E-state index in [-0.39, 0.29) is 17.9 Å². The van der Waals surface area contributed by atoms with Crippen molar-refractivity contribution in [3.05, 3.63) is 94.5 Å². The number of aromatic nitrogens is 3. The van der Waals surface area contributed by atoms with Gasteiger partial charge in [0.15, 0.2) is 0 Å². The van der Waals surface area contributed by atoms with Gasteiger partial charge in [-0.15, -0.1) is 0 Å². The fourth-order valence-corrected chi connectivity index (χ4v) is 2.91. The summed E-state index contributed by atoms with van der Waals surface area (Å²) in [6.07, 6.45) is 2.19. The Kier molecular flexibility index (Phi) is 4.29. The third kappa shape index (κ3) is 3.37. The molecule has 0 amide bonds. The molecule has 0 fully saturated rings. The van der Waals surface area contributed by atoms with Gasteiger partial charge >= 0.3 is 0 Å². The van der Waals surface area contributed by atoms with Gasteiger partial charge in [-0.3, -0.25) is 4.79 Å². The zero-order valence-electron chi connectivity index (χ0n) is 14.1. The molecule has 1 N–H and O–H groups in total. The highest BCUT2D eigenvalue weighted by Crippen LogP contribution is 2.19. The van der Waals surface area contributed by atoms with Gasteiger partial charge in [0.25, 0.3) is 5.56 Å². The van der Waals surface area contributed by atoms with Gasteiger partial charge < -0.3 is 9.67 Å². The van der Waals surface area contributed by atoms with Gasteiger partial charge in [0, 0.05) is 18.0 Å². The largest absolute Gasteiger partial charge is 0.387 e. The predicted octanol–water partition coefficient (Wildman–Crippen LogP) is 3.17. The van der Waals surface area contributed by atoms with Crippen LogP contribution in [0.3, 0.4) is 0 Å². The van der Waals surface area contributed by atoms with E-state index in [1.165, 1.54) is 51.7 Å². The number of hydrogen-bond acceptors (Lipinski definition) is 3. The molecule has 5 nitrogen and oxygen atoms in total. The summed E-state index contributed by atoms with van der Waals surface area (Å²) in [5.41, 5.74) is 1.77. The minimum Gasteiger partial charge on any atom is -0.387 e. The molecule has 0 aliphatic heterocycles. The molecule has 0 bridgehead atoms. The number of fused-ring (bicyclic) bond motifs is 1. The van der Waals surface area contributed by atoms with Crippen LogP contribution >= 0.6 is 0 Å². The molecule has 136 valence electrons. The Morgan fingerprint density at radius 3 is 2.26 bits per heavy atom. The van der Waals surface area contributed by atoms with Crippen LogP contribution in [0.15, 0.2) is 71.8 Å². The molecule has 0 saturated heterocycles. The molecule has 2 aromatic heterocycles. The first kappa shape index (κ1) is 17.1. The third-order valence-electron chi connectivity index (χ3n) is 4.37.